The minimum absolute atomic E-state index is 0.0372. The molecule has 1 aliphatic heterocycles. The Morgan fingerprint density at radius 3 is 2.17 bits per heavy atom. The van der Waals surface area contributed by atoms with Gasteiger partial charge in [0.1, 0.15) is 12.2 Å². The Hall–Kier alpha value is -2.67. The van der Waals surface area contributed by atoms with E-state index in [-0.39, 0.29) is 37.8 Å². The molecule has 0 aromatic rings. The zero-order valence-corrected chi connectivity index (χ0v) is 30.6. The second-order valence-electron chi connectivity index (χ2n) is 16.7. The molecule has 5 atom stereocenters. The Bertz CT molecular complexity index is 1210. The van der Waals surface area contributed by atoms with Gasteiger partial charge < -0.3 is 23.7 Å². The summed E-state index contributed by atoms with van der Waals surface area (Å²) in [5, 5.41) is 10.5. The normalized spacial score (nSPS) is 31.7. The molecule has 0 aromatic heterocycles. The lowest BCUT2D eigenvalue weighted by atomic mass is 9.50. The third-order valence-corrected chi connectivity index (χ3v) is 11.9. The van der Waals surface area contributed by atoms with Gasteiger partial charge in [-0.2, -0.15) is 5.26 Å². The van der Waals surface area contributed by atoms with Crippen molar-refractivity contribution in [1.29, 1.82) is 5.26 Å². The van der Waals surface area contributed by atoms with Crippen molar-refractivity contribution in [2.75, 3.05) is 19.8 Å². The van der Waals surface area contributed by atoms with Crippen LogP contribution in [0.25, 0.3) is 0 Å². The van der Waals surface area contributed by atoms with Crippen molar-refractivity contribution in [1.82, 2.24) is 0 Å². The van der Waals surface area contributed by atoms with Crippen LogP contribution in [-0.2, 0) is 42.9 Å². The van der Waals surface area contributed by atoms with Gasteiger partial charge in [-0.1, -0.05) is 6.92 Å². The van der Waals surface area contributed by atoms with E-state index >= 15 is 0 Å². The number of nitriles is 1. The van der Waals surface area contributed by atoms with E-state index in [0.717, 1.165) is 43.9 Å². The molecule has 0 aromatic carbocycles. The van der Waals surface area contributed by atoms with Gasteiger partial charge in [0.2, 0.25) is 0 Å². The first-order chi connectivity index (χ1) is 22.5. The standard InChI is InChI=1S/C38H59NO9/c1-9-27(31(40)46-20-28-12-11-13-45-32(28)41)19-36(6,23-39)22-37(7,34(43)47-24(3)44-10-2)21-35(4,5)33(42)48-38(8)29-15-25-14-26(17-29)18-30(38)16-25/h24-30H,9-22H2,1-8H3. The topological polar surface area (TPSA) is 138 Å². The molecule has 5 unspecified atom stereocenters. The predicted molar refractivity (Wildman–Crippen MR) is 177 cm³/mol. The van der Waals surface area contributed by atoms with Gasteiger partial charge in [0.15, 0.2) is 6.29 Å². The summed E-state index contributed by atoms with van der Waals surface area (Å²) in [7, 11) is 0. The van der Waals surface area contributed by atoms with E-state index in [4.69, 9.17) is 23.7 Å². The molecule has 270 valence electrons. The average Bonchev–Trinajstić information content (AvgIpc) is 3.01. The molecule has 5 rings (SSSR count). The summed E-state index contributed by atoms with van der Waals surface area (Å²) in [6, 6.07) is 2.38. The smallest absolute Gasteiger partial charge is 0.314 e. The second-order valence-corrected chi connectivity index (χ2v) is 16.7. The zero-order chi connectivity index (χ0) is 35.5. The van der Waals surface area contributed by atoms with Gasteiger partial charge in [0.25, 0.3) is 0 Å². The molecule has 5 aliphatic rings. The fraction of sp³-hybridized carbons (Fsp3) is 0.868. The van der Waals surface area contributed by atoms with Crippen molar-refractivity contribution in [2.24, 2.45) is 51.8 Å². The quantitative estimate of drug-likeness (QED) is 0.0963. The van der Waals surface area contributed by atoms with Gasteiger partial charge in [0, 0.05) is 6.61 Å². The van der Waals surface area contributed by atoms with E-state index in [1.54, 1.807) is 41.5 Å². The van der Waals surface area contributed by atoms with Crippen LogP contribution in [0.3, 0.4) is 0 Å². The second kappa shape index (κ2) is 15.1. The lowest BCUT2D eigenvalue weighted by molar-refractivity contribution is -0.213. The highest BCUT2D eigenvalue weighted by atomic mass is 16.7. The van der Waals surface area contributed by atoms with Crippen LogP contribution in [0.4, 0.5) is 0 Å². The third-order valence-electron chi connectivity index (χ3n) is 11.9. The number of rotatable bonds is 16. The van der Waals surface area contributed by atoms with Crippen LogP contribution in [-0.4, -0.2) is 55.6 Å². The third kappa shape index (κ3) is 8.54. The summed E-state index contributed by atoms with van der Waals surface area (Å²) in [4.78, 5) is 53.4. The van der Waals surface area contributed by atoms with Crippen molar-refractivity contribution in [2.45, 2.75) is 138 Å². The zero-order valence-electron chi connectivity index (χ0n) is 30.6. The molecule has 10 nitrogen and oxygen atoms in total. The van der Waals surface area contributed by atoms with Crippen LogP contribution >= 0.6 is 0 Å². The Kier molecular flexibility index (Phi) is 12.0. The van der Waals surface area contributed by atoms with Crippen LogP contribution in [0, 0.1) is 63.1 Å². The Labute approximate surface area is 287 Å². The molecule has 0 spiro atoms. The summed E-state index contributed by atoms with van der Waals surface area (Å²) in [5.74, 6) is -0.715. The molecular weight excluding hydrogens is 614 g/mol. The summed E-state index contributed by atoms with van der Waals surface area (Å²) in [5.41, 5.74) is -4.04. The summed E-state index contributed by atoms with van der Waals surface area (Å²) in [6.45, 7) is 15.1. The highest BCUT2D eigenvalue weighted by Crippen LogP contribution is 2.60. The van der Waals surface area contributed by atoms with Gasteiger partial charge >= 0.3 is 23.9 Å². The first-order valence-electron chi connectivity index (χ1n) is 18.3. The molecule has 4 bridgehead atoms. The molecule has 48 heavy (non-hydrogen) atoms. The fourth-order valence-corrected chi connectivity index (χ4v) is 9.59. The molecule has 0 radical (unpaired) electrons. The Morgan fingerprint density at radius 1 is 1.00 bits per heavy atom. The van der Waals surface area contributed by atoms with Crippen molar-refractivity contribution in [3.05, 3.63) is 0 Å². The van der Waals surface area contributed by atoms with Gasteiger partial charge in [-0.3, -0.25) is 19.2 Å². The molecule has 1 saturated heterocycles. The first-order valence-corrected chi connectivity index (χ1v) is 18.3. The molecule has 1 heterocycles. The van der Waals surface area contributed by atoms with Crippen molar-refractivity contribution in [3.8, 4) is 6.07 Å². The highest BCUT2D eigenvalue weighted by molar-refractivity contribution is 5.81. The van der Waals surface area contributed by atoms with Crippen LogP contribution < -0.4 is 0 Å². The minimum atomic E-state index is -1.29. The van der Waals surface area contributed by atoms with Gasteiger partial charge in [0.05, 0.1) is 40.8 Å². The molecule has 0 amide bonds. The number of esters is 4. The lowest BCUT2D eigenvalue weighted by Gasteiger charge is -2.59. The minimum Gasteiger partial charge on any atom is -0.465 e. The number of cyclic esters (lactones) is 1. The number of carbonyl (C=O) groups excluding carboxylic acids is 4. The molecular formula is C38H59NO9. The Morgan fingerprint density at radius 2 is 1.62 bits per heavy atom. The number of carbonyl (C=O) groups is 4. The van der Waals surface area contributed by atoms with Crippen molar-refractivity contribution >= 4 is 23.9 Å². The summed E-state index contributed by atoms with van der Waals surface area (Å²) in [6.07, 6.45) is 6.86. The van der Waals surface area contributed by atoms with Crippen molar-refractivity contribution < 1.29 is 42.9 Å². The SMILES string of the molecule is CCOC(C)OC(=O)C(C)(CC(C)(C#N)CC(CC)C(=O)OCC1CCCOC1=O)CC(C)(C)C(=O)OC1(C)C2CC3CC(C2)CC1C3. The molecule has 4 aliphatic carbocycles. The first kappa shape index (κ1) is 38.1. The lowest BCUT2D eigenvalue weighted by Crippen LogP contribution is -2.59. The van der Waals surface area contributed by atoms with Gasteiger partial charge in [-0.25, -0.2) is 0 Å². The molecule has 10 heteroatoms. The van der Waals surface area contributed by atoms with E-state index in [1.165, 1.54) is 6.42 Å². The molecule has 5 fully saturated rings. The number of hydrogen-bond acceptors (Lipinski definition) is 10. The van der Waals surface area contributed by atoms with Crippen LogP contribution in [0.1, 0.15) is 126 Å². The van der Waals surface area contributed by atoms with Crippen LogP contribution in [0.5, 0.6) is 0 Å². The Balaban J connectivity index is 1.51. The molecule has 4 saturated carbocycles. The van der Waals surface area contributed by atoms with Crippen molar-refractivity contribution in [3.63, 3.8) is 0 Å². The maximum Gasteiger partial charge on any atom is 0.314 e. The number of nitrogens with zero attached hydrogens (tertiary/aromatic N) is 1. The fourth-order valence-electron chi connectivity index (χ4n) is 9.59. The van der Waals surface area contributed by atoms with Gasteiger partial charge in [-0.15, -0.1) is 0 Å². The molecule has 0 N–H and O–H groups in total. The largest absolute Gasteiger partial charge is 0.465 e. The van der Waals surface area contributed by atoms with Gasteiger partial charge in [-0.05, 0) is 143 Å². The summed E-state index contributed by atoms with van der Waals surface area (Å²) < 4.78 is 28.4. The number of hydrogen-bond donors (Lipinski definition) is 0. The number of ether oxygens (including phenoxy) is 5. The van der Waals surface area contributed by atoms with Crippen LogP contribution in [0.2, 0.25) is 0 Å². The van der Waals surface area contributed by atoms with E-state index in [9.17, 15) is 24.4 Å². The maximum absolute atomic E-state index is 14.1. The van der Waals surface area contributed by atoms with E-state index in [0.29, 0.717) is 37.9 Å². The van der Waals surface area contributed by atoms with E-state index in [2.05, 4.69) is 13.0 Å². The van der Waals surface area contributed by atoms with E-state index < -0.39 is 51.9 Å². The monoisotopic (exact) mass is 673 g/mol. The maximum atomic E-state index is 14.1. The predicted octanol–water partition coefficient (Wildman–Crippen LogP) is 6.93. The average molecular weight is 674 g/mol. The summed E-state index contributed by atoms with van der Waals surface area (Å²) >= 11 is 0. The highest BCUT2D eigenvalue weighted by Gasteiger charge is 2.58. The van der Waals surface area contributed by atoms with Crippen LogP contribution in [0.15, 0.2) is 0 Å². The van der Waals surface area contributed by atoms with E-state index in [1.807, 2.05) is 6.92 Å².